The summed E-state index contributed by atoms with van der Waals surface area (Å²) in [7, 11) is 1.65. The minimum Gasteiger partial charge on any atom is -0.451 e. The molecule has 1 fully saturated rings. The van der Waals surface area contributed by atoms with Gasteiger partial charge in [-0.15, -0.1) is 0 Å². The van der Waals surface area contributed by atoms with Gasteiger partial charge in [0.25, 0.3) is 5.91 Å². The molecule has 1 aliphatic rings. The molecular formula is C13H15NO3. The average molecular weight is 233 g/mol. The number of cyclic esters (lactones) is 1. The van der Waals surface area contributed by atoms with Crippen molar-refractivity contribution in [2.24, 2.45) is 0 Å². The molecule has 0 bridgehead atoms. The highest BCUT2D eigenvalue weighted by Crippen LogP contribution is 2.16. The van der Waals surface area contributed by atoms with E-state index in [9.17, 15) is 9.59 Å². The van der Waals surface area contributed by atoms with Crippen LogP contribution in [0.3, 0.4) is 0 Å². The van der Waals surface area contributed by atoms with Crippen LogP contribution in [0.2, 0.25) is 0 Å². The second-order valence-electron chi connectivity index (χ2n) is 4.23. The minimum absolute atomic E-state index is 0.148. The highest BCUT2D eigenvalue weighted by molar-refractivity contribution is 5.92. The Morgan fingerprint density at radius 1 is 1.24 bits per heavy atom. The van der Waals surface area contributed by atoms with Crippen molar-refractivity contribution in [2.75, 3.05) is 7.05 Å². The lowest BCUT2D eigenvalue weighted by Crippen LogP contribution is -2.54. The second-order valence-corrected chi connectivity index (χ2v) is 4.23. The first-order chi connectivity index (χ1) is 8.09. The number of carbonyl (C=O) groups is 2. The van der Waals surface area contributed by atoms with Crippen molar-refractivity contribution >= 4 is 11.9 Å². The highest BCUT2D eigenvalue weighted by Gasteiger charge is 2.38. The van der Waals surface area contributed by atoms with E-state index in [1.165, 1.54) is 4.90 Å². The van der Waals surface area contributed by atoms with Gasteiger partial charge in [0.1, 0.15) is 6.04 Å². The Bertz CT molecular complexity index is 430. The molecule has 0 spiro atoms. The lowest BCUT2D eigenvalue weighted by molar-refractivity contribution is -0.175. The molecule has 0 N–H and O–H groups in total. The Labute approximate surface area is 100 Å². The van der Waals surface area contributed by atoms with Gasteiger partial charge in [-0.05, 0) is 12.5 Å². The summed E-state index contributed by atoms with van der Waals surface area (Å²) in [6.45, 7) is 1.59. The van der Waals surface area contributed by atoms with Crippen LogP contribution < -0.4 is 0 Å². The van der Waals surface area contributed by atoms with Crippen molar-refractivity contribution < 1.29 is 14.3 Å². The summed E-state index contributed by atoms with van der Waals surface area (Å²) in [5.74, 6) is -0.478. The maximum atomic E-state index is 11.7. The molecule has 1 aliphatic heterocycles. The molecular weight excluding hydrogens is 218 g/mol. The van der Waals surface area contributed by atoms with Crippen LogP contribution in [0.5, 0.6) is 0 Å². The van der Waals surface area contributed by atoms with Crippen LogP contribution in [-0.4, -0.2) is 36.0 Å². The third-order valence-electron chi connectivity index (χ3n) is 3.00. The maximum Gasteiger partial charge on any atom is 0.329 e. The van der Waals surface area contributed by atoms with E-state index in [2.05, 4.69) is 0 Å². The zero-order valence-corrected chi connectivity index (χ0v) is 9.92. The van der Waals surface area contributed by atoms with Gasteiger partial charge in [0.15, 0.2) is 6.10 Å². The predicted octanol–water partition coefficient (Wildman–Crippen LogP) is 1.00. The van der Waals surface area contributed by atoms with E-state index in [4.69, 9.17) is 4.74 Å². The SMILES string of the molecule is C[C@H]1OC(=O)[C@H](Cc2ccccc2)N(C)C1=O. The molecule has 0 aromatic heterocycles. The highest BCUT2D eigenvalue weighted by atomic mass is 16.6. The molecule has 0 unspecified atom stereocenters. The molecule has 0 radical (unpaired) electrons. The summed E-state index contributed by atoms with van der Waals surface area (Å²) in [6, 6.07) is 9.09. The summed E-state index contributed by atoms with van der Waals surface area (Å²) >= 11 is 0. The Morgan fingerprint density at radius 3 is 2.53 bits per heavy atom. The maximum absolute atomic E-state index is 11.7. The number of benzene rings is 1. The second kappa shape index (κ2) is 4.57. The molecule has 1 aromatic rings. The van der Waals surface area contributed by atoms with E-state index in [1.807, 2.05) is 30.3 Å². The standard InChI is InChI=1S/C13H15NO3/c1-9-12(15)14(2)11(13(16)17-9)8-10-6-4-3-5-7-10/h3-7,9,11H,8H2,1-2H3/t9-,11+/m1/s1. The van der Waals surface area contributed by atoms with Crippen LogP contribution in [0.4, 0.5) is 0 Å². The lowest BCUT2D eigenvalue weighted by atomic mass is 10.0. The first-order valence-corrected chi connectivity index (χ1v) is 5.60. The number of morpholine rings is 1. The molecule has 1 heterocycles. The monoisotopic (exact) mass is 233 g/mol. The summed E-state index contributed by atoms with van der Waals surface area (Å²) in [5.41, 5.74) is 1.02. The number of carbonyl (C=O) groups excluding carboxylic acids is 2. The Morgan fingerprint density at radius 2 is 1.88 bits per heavy atom. The van der Waals surface area contributed by atoms with Crippen molar-refractivity contribution in [2.45, 2.75) is 25.5 Å². The number of hydrogen-bond donors (Lipinski definition) is 0. The Balaban J connectivity index is 2.15. The predicted molar refractivity (Wildman–Crippen MR) is 62.3 cm³/mol. The van der Waals surface area contributed by atoms with Gasteiger partial charge in [-0.25, -0.2) is 4.79 Å². The van der Waals surface area contributed by atoms with Gasteiger partial charge in [-0.1, -0.05) is 30.3 Å². The number of amides is 1. The van der Waals surface area contributed by atoms with E-state index in [1.54, 1.807) is 14.0 Å². The van der Waals surface area contributed by atoms with Crippen LogP contribution in [0, 0.1) is 0 Å². The molecule has 1 amide bonds. The smallest absolute Gasteiger partial charge is 0.329 e. The van der Waals surface area contributed by atoms with Crippen molar-refractivity contribution in [3.05, 3.63) is 35.9 Å². The van der Waals surface area contributed by atoms with Gasteiger partial charge in [-0.2, -0.15) is 0 Å². The zero-order valence-electron chi connectivity index (χ0n) is 9.92. The van der Waals surface area contributed by atoms with Gasteiger partial charge in [0.05, 0.1) is 0 Å². The summed E-state index contributed by atoms with van der Waals surface area (Å²) in [6.07, 6.45) is -0.172. The molecule has 1 aromatic carbocycles. The molecule has 0 aliphatic carbocycles. The number of esters is 1. The number of hydrogen-bond acceptors (Lipinski definition) is 3. The topological polar surface area (TPSA) is 46.6 Å². The third-order valence-corrected chi connectivity index (χ3v) is 3.00. The summed E-state index contributed by atoms with van der Waals surface area (Å²) < 4.78 is 5.02. The number of likely N-dealkylation sites (N-methyl/N-ethyl adjacent to an activating group) is 1. The van der Waals surface area contributed by atoms with E-state index in [0.717, 1.165) is 5.56 Å². The molecule has 1 saturated heterocycles. The van der Waals surface area contributed by atoms with Crippen LogP contribution in [0.25, 0.3) is 0 Å². The molecule has 4 nitrogen and oxygen atoms in total. The fraction of sp³-hybridized carbons (Fsp3) is 0.385. The number of rotatable bonds is 2. The molecule has 2 atom stereocenters. The minimum atomic E-state index is -0.667. The van der Waals surface area contributed by atoms with Gasteiger partial charge in [0, 0.05) is 13.5 Å². The number of ether oxygens (including phenoxy) is 1. The van der Waals surface area contributed by atoms with Crippen molar-refractivity contribution in [1.82, 2.24) is 4.90 Å². The van der Waals surface area contributed by atoms with E-state index in [0.29, 0.717) is 6.42 Å². The average Bonchev–Trinajstić information content (AvgIpc) is 2.33. The normalized spacial score (nSPS) is 24.7. The van der Waals surface area contributed by atoms with Gasteiger partial charge < -0.3 is 9.64 Å². The fourth-order valence-electron chi connectivity index (χ4n) is 1.96. The van der Waals surface area contributed by atoms with Crippen molar-refractivity contribution in [1.29, 1.82) is 0 Å². The number of nitrogens with zero attached hydrogens (tertiary/aromatic N) is 1. The van der Waals surface area contributed by atoms with Gasteiger partial charge in [-0.3, -0.25) is 4.79 Å². The van der Waals surface area contributed by atoms with Crippen LogP contribution in [-0.2, 0) is 20.7 Å². The van der Waals surface area contributed by atoms with Gasteiger partial charge in [0.2, 0.25) is 0 Å². The zero-order chi connectivity index (χ0) is 12.4. The van der Waals surface area contributed by atoms with Gasteiger partial charge >= 0.3 is 5.97 Å². The third kappa shape index (κ3) is 2.30. The van der Waals surface area contributed by atoms with Crippen molar-refractivity contribution in [3.63, 3.8) is 0 Å². The first kappa shape index (κ1) is 11.6. The van der Waals surface area contributed by atoms with E-state index >= 15 is 0 Å². The van der Waals surface area contributed by atoms with Crippen LogP contribution in [0.1, 0.15) is 12.5 Å². The Kier molecular flexibility index (Phi) is 3.13. The van der Waals surface area contributed by atoms with E-state index < -0.39 is 12.1 Å². The van der Waals surface area contributed by atoms with Crippen LogP contribution >= 0.6 is 0 Å². The summed E-state index contributed by atoms with van der Waals surface area (Å²) in [4.78, 5) is 24.9. The fourth-order valence-corrected chi connectivity index (χ4v) is 1.96. The van der Waals surface area contributed by atoms with Crippen molar-refractivity contribution in [3.8, 4) is 0 Å². The quantitative estimate of drug-likeness (QED) is 0.716. The van der Waals surface area contributed by atoms with Crippen LogP contribution in [0.15, 0.2) is 30.3 Å². The molecule has 90 valence electrons. The molecule has 4 heteroatoms. The molecule has 2 rings (SSSR count). The first-order valence-electron chi connectivity index (χ1n) is 5.60. The molecule has 0 saturated carbocycles. The Hall–Kier alpha value is -1.84. The largest absolute Gasteiger partial charge is 0.451 e. The van der Waals surface area contributed by atoms with E-state index in [-0.39, 0.29) is 11.9 Å². The summed E-state index contributed by atoms with van der Waals surface area (Å²) in [5, 5.41) is 0. The lowest BCUT2D eigenvalue weighted by Gasteiger charge is -2.34. The molecule has 17 heavy (non-hydrogen) atoms.